The molecule has 0 saturated heterocycles. The molecule has 4 rings (SSSR count). The Balaban J connectivity index is 1.62. The van der Waals surface area contributed by atoms with Crippen molar-refractivity contribution in [2.75, 3.05) is 0 Å². The Morgan fingerprint density at radius 3 is 1.65 bits per heavy atom. The quantitative estimate of drug-likeness (QED) is 0.558. The smallest absolute Gasteiger partial charge is 0.0292 e. The number of hydrogen-bond donors (Lipinski definition) is 0. The summed E-state index contributed by atoms with van der Waals surface area (Å²) in [5.41, 5.74) is 0.697. The second-order valence-electron chi connectivity index (χ2n) is 8.22. The first-order valence-electron chi connectivity index (χ1n) is 8.18. The number of hydrogen-bond acceptors (Lipinski definition) is 0. The second kappa shape index (κ2) is 3.52. The van der Waals surface area contributed by atoms with Crippen LogP contribution in [-0.2, 0) is 0 Å². The Morgan fingerprint density at radius 2 is 1.18 bits per heavy atom. The fourth-order valence-corrected chi connectivity index (χ4v) is 6.79. The van der Waals surface area contributed by atoms with Gasteiger partial charge in [-0.2, -0.15) is 0 Å². The van der Waals surface area contributed by atoms with Crippen LogP contribution in [0.15, 0.2) is 0 Å². The lowest BCUT2D eigenvalue weighted by Gasteiger charge is -2.45. The van der Waals surface area contributed by atoms with E-state index >= 15 is 0 Å². The van der Waals surface area contributed by atoms with Gasteiger partial charge in [0.15, 0.2) is 0 Å². The molecular weight excluding hydrogens is 204 g/mol. The van der Waals surface area contributed by atoms with Gasteiger partial charge in [-0.3, -0.25) is 0 Å². The molecule has 4 aliphatic rings. The maximum atomic E-state index is 2.59. The minimum Gasteiger partial charge on any atom is -0.0594 e. The van der Waals surface area contributed by atoms with Crippen molar-refractivity contribution in [3.63, 3.8) is 0 Å². The van der Waals surface area contributed by atoms with Gasteiger partial charge in [0.05, 0.1) is 0 Å². The predicted octanol–water partition coefficient (Wildman–Crippen LogP) is 4.89. The van der Waals surface area contributed by atoms with Crippen LogP contribution in [0, 0.1) is 40.9 Å². The van der Waals surface area contributed by atoms with Gasteiger partial charge in [-0.05, 0) is 66.6 Å². The van der Waals surface area contributed by atoms with Gasteiger partial charge in [-0.1, -0.05) is 39.5 Å². The molecule has 0 heterocycles. The van der Waals surface area contributed by atoms with Gasteiger partial charge in [0.1, 0.15) is 0 Å². The SMILES string of the molecule is CC1(C)C2CCC1C1CC3CCCCC3CC12. The first-order valence-corrected chi connectivity index (χ1v) is 8.18. The van der Waals surface area contributed by atoms with Crippen LogP contribution in [0.1, 0.15) is 65.2 Å². The highest BCUT2D eigenvalue weighted by Gasteiger charge is 2.60. The number of fused-ring (bicyclic) bond motifs is 6. The van der Waals surface area contributed by atoms with Crippen LogP contribution in [0.2, 0.25) is 0 Å². The molecule has 0 amide bonds. The Kier molecular flexibility index (Phi) is 2.25. The third kappa shape index (κ3) is 1.36. The minimum atomic E-state index is 0.697. The number of rotatable bonds is 0. The molecule has 0 spiro atoms. The van der Waals surface area contributed by atoms with Gasteiger partial charge < -0.3 is 0 Å². The van der Waals surface area contributed by atoms with Crippen LogP contribution >= 0.6 is 0 Å². The summed E-state index contributed by atoms with van der Waals surface area (Å²) in [5, 5.41) is 0. The van der Waals surface area contributed by atoms with E-state index in [2.05, 4.69) is 13.8 Å². The van der Waals surface area contributed by atoms with E-state index in [0.29, 0.717) is 5.41 Å². The summed E-state index contributed by atoms with van der Waals surface area (Å²) < 4.78 is 0. The lowest BCUT2D eigenvalue weighted by Crippen LogP contribution is -2.36. The lowest BCUT2D eigenvalue weighted by molar-refractivity contribution is 0.0455. The third-order valence-corrected chi connectivity index (χ3v) is 7.50. The van der Waals surface area contributed by atoms with Gasteiger partial charge in [0.2, 0.25) is 0 Å². The summed E-state index contributed by atoms with van der Waals surface area (Å²) >= 11 is 0. The van der Waals surface area contributed by atoms with Crippen molar-refractivity contribution in [2.24, 2.45) is 40.9 Å². The van der Waals surface area contributed by atoms with Crippen molar-refractivity contribution in [1.29, 1.82) is 0 Å². The Bertz CT molecular complexity index is 286. The molecule has 6 atom stereocenters. The normalized spacial score (nSPS) is 55.4. The summed E-state index contributed by atoms with van der Waals surface area (Å²) in [6, 6.07) is 0. The summed E-state index contributed by atoms with van der Waals surface area (Å²) in [7, 11) is 0. The van der Waals surface area contributed by atoms with E-state index < -0.39 is 0 Å². The van der Waals surface area contributed by atoms with Crippen LogP contribution in [-0.4, -0.2) is 0 Å². The van der Waals surface area contributed by atoms with Gasteiger partial charge in [0, 0.05) is 0 Å². The van der Waals surface area contributed by atoms with E-state index in [4.69, 9.17) is 0 Å². The monoisotopic (exact) mass is 232 g/mol. The van der Waals surface area contributed by atoms with Crippen molar-refractivity contribution in [3.8, 4) is 0 Å². The lowest BCUT2D eigenvalue weighted by atomic mass is 9.60. The molecular formula is C17H28. The molecule has 0 aromatic carbocycles. The molecule has 17 heavy (non-hydrogen) atoms. The molecule has 2 bridgehead atoms. The maximum absolute atomic E-state index is 2.59. The molecule has 0 aliphatic heterocycles. The van der Waals surface area contributed by atoms with Crippen LogP contribution in [0.25, 0.3) is 0 Å². The molecule has 4 aliphatic carbocycles. The van der Waals surface area contributed by atoms with Crippen LogP contribution in [0.4, 0.5) is 0 Å². The highest BCUT2D eigenvalue weighted by molar-refractivity contribution is 5.09. The van der Waals surface area contributed by atoms with E-state index in [1.807, 2.05) is 0 Å². The van der Waals surface area contributed by atoms with Crippen molar-refractivity contribution in [3.05, 3.63) is 0 Å². The topological polar surface area (TPSA) is 0 Å². The molecule has 0 aromatic heterocycles. The first kappa shape index (κ1) is 10.9. The first-order chi connectivity index (χ1) is 8.18. The Hall–Kier alpha value is 0. The van der Waals surface area contributed by atoms with Crippen molar-refractivity contribution in [2.45, 2.75) is 65.2 Å². The molecule has 0 aromatic rings. The molecule has 0 radical (unpaired) electrons. The van der Waals surface area contributed by atoms with E-state index in [1.165, 1.54) is 12.8 Å². The van der Waals surface area contributed by atoms with Gasteiger partial charge in [-0.25, -0.2) is 0 Å². The van der Waals surface area contributed by atoms with Crippen molar-refractivity contribution >= 4 is 0 Å². The minimum absolute atomic E-state index is 0.697. The highest BCUT2D eigenvalue weighted by Crippen LogP contribution is 2.68. The standard InChI is InChI=1S/C17H28/c1-17(2)15-7-8-16(17)14-10-12-6-4-3-5-11(12)9-13(14)15/h11-16H,3-10H2,1-2H3. The molecule has 96 valence electrons. The summed E-state index contributed by atoms with van der Waals surface area (Å²) in [6.45, 7) is 5.19. The fourth-order valence-electron chi connectivity index (χ4n) is 6.79. The largest absolute Gasteiger partial charge is 0.0594 e. The summed E-state index contributed by atoms with van der Waals surface area (Å²) in [4.78, 5) is 0. The van der Waals surface area contributed by atoms with Crippen molar-refractivity contribution in [1.82, 2.24) is 0 Å². The van der Waals surface area contributed by atoms with Crippen molar-refractivity contribution < 1.29 is 0 Å². The Labute approximate surface area is 107 Å². The molecule has 6 unspecified atom stereocenters. The molecule has 0 N–H and O–H groups in total. The fraction of sp³-hybridized carbons (Fsp3) is 1.00. The van der Waals surface area contributed by atoms with E-state index in [0.717, 1.165) is 35.5 Å². The predicted molar refractivity (Wildman–Crippen MR) is 71.7 cm³/mol. The molecule has 0 nitrogen and oxygen atoms in total. The van der Waals surface area contributed by atoms with Gasteiger partial charge in [0.25, 0.3) is 0 Å². The van der Waals surface area contributed by atoms with Crippen LogP contribution < -0.4 is 0 Å². The third-order valence-electron chi connectivity index (χ3n) is 7.50. The summed E-state index contributed by atoms with van der Waals surface area (Å²) in [6.07, 6.45) is 12.6. The zero-order valence-electron chi connectivity index (χ0n) is 11.6. The molecule has 4 fully saturated rings. The maximum Gasteiger partial charge on any atom is -0.0292 e. The zero-order chi connectivity index (χ0) is 11.6. The Morgan fingerprint density at radius 1 is 0.706 bits per heavy atom. The van der Waals surface area contributed by atoms with Gasteiger partial charge >= 0.3 is 0 Å². The average Bonchev–Trinajstić information content (AvgIpc) is 2.73. The second-order valence-corrected chi connectivity index (χ2v) is 8.22. The van der Waals surface area contributed by atoms with Gasteiger partial charge in [-0.15, -0.1) is 0 Å². The molecule has 4 saturated carbocycles. The molecule has 0 heteroatoms. The van der Waals surface area contributed by atoms with E-state index in [-0.39, 0.29) is 0 Å². The average molecular weight is 232 g/mol. The van der Waals surface area contributed by atoms with E-state index in [1.54, 1.807) is 38.5 Å². The van der Waals surface area contributed by atoms with Crippen LogP contribution in [0.3, 0.4) is 0 Å². The summed E-state index contributed by atoms with van der Waals surface area (Å²) in [5.74, 6) is 6.76. The highest BCUT2D eigenvalue weighted by atomic mass is 14.7. The van der Waals surface area contributed by atoms with E-state index in [9.17, 15) is 0 Å². The van der Waals surface area contributed by atoms with Crippen LogP contribution in [0.5, 0.6) is 0 Å². The zero-order valence-corrected chi connectivity index (χ0v) is 11.6.